The normalized spacial score (nSPS) is 18.5. The van der Waals surface area contributed by atoms with Gasteiger partial charge in [-0.3, -0.25) is 10.7 Å². The van der Waals surface area contributed by atoms with E-state index in [0.29, 0.717) is 13.1 Å². The SMILES string of the molecule is COc1cc(CN2C(N)c3cccnc3N(CCc3ccncc3)C2N)cc(OC)c1. The van der Waals surface area contributed by atoms with Crippen LogP contribution in [-0.2, 0) is 13.0 Å². The summed E-state index contributed by atoms with van der Waals surface area (Å²) in [4.78, 5) is 12.9. The summed E-state index contributed by atoms with van der Waals surface area (Å²) >= 11 is 0. The van der Waals surface area contributed by atoms with Crippen LogP contribution in [0.5, 0.6) is 11.5 Å². The number of hydrogen-bond donors (Lipinski definition) is 2. The number of ether oxygens (including phenoxy) is 2. The molecule has 0 saturated heterocycles. The van der Waals surface area contributed by atoms with Gasteiger partial charge in [0.2, 0.25) is 0 Å². The van der Waals surface area contributed by atoms with Crippen molar-refractivity contribution in [2.75, 3.05) is 25.7 Å². The van der Waals surface area contributed by atoms with E-state index in [4.69, 9.17) is 20.9 Å². The first-order chi connectivity index (χ1) is 15.1. The molecule has 0 bridgehead atoms. The van der Waals surface area contributed by atoms with Gasteiger partial charge in [-0.25, -0.2) is 9.88 Å². The van der Waals surface area contributed by atoms with Gasteiger partial charge in [-0.15, -0.1) is 0 Å². The Morgan fingerprint density at radius 3 is 2.32 bits per heavy atom. The van der Waals surface area contributed by atoms with E-state index in [1.165, 1.54) is 5.56 Å². The second-order valence-corrected chi connectivity index (χ2v) is 7.47. The summed E-state index contributed by atoms with van der Waals surface area (Å²) in [6.45, 7) is 1.25. The predicted molar refractivity (Wildman–Crippen MR) is 120 cm³/mol. The minimum absolute atomic E-state index is 0.381. The molecule has 3 aromatic rings. The third kappa shape index (κ3) is 4.46. The van der Waals surface area contributed by atoms with Crippen molar-refractivity contribution < 1.29 is 9.47 Å². The Hall–Kier alpha value is -3.20. The van der Waals surface area contributed by atoms with Crippen LogP contribution in [0.2, 0.25) is 0 Å². The lowest BCUT2D eigenvalue weighted by atomic mass is 10.1. The fourth-order valence-corrected chi connectivity index (χ4v) is 3.93. The molecule has 8 nitrogen and oxygen atoms in total. The molecule has 1 aliphatic heterocycles. The lowest BCUT2D eigenvalue weighted by Gasteiger charge is -2.46. The van der Waals surface area contributed by atoms with Crippen molar-refractivity contribution in [2.24, 2.45) is 11.5 Å². The monoisotopic (exact) mass is 420 g/mol. The molecule has 31 heavy (non-hydrogen) atoms. The maximum Gasteiger partial charge on any atom is 0.137 e. The number of methoxy groups -OCH3 is 2. The van der Waals surface area contributed by atoms with Crippen molar-refractivity contribution in [2.45, 2.75) is 25.4 Å². The maximum absolute atomic E-state index is 6.74. The van der Waals surface area contributed by atoms with Gasteiger partial charge in [-0.05, 0) is 47.9 Å². The molecule has 2 atom stereocenters. The van der Waals surface area contributed by atoms with E-state index in [0.717, 1.165) is 34.9 Å². The average molecular weight is 421 g/mol. The summed E-state index contributed by atoms with van der Waals surface area (Å²) in [5.41, 5.74) is 16.5. The molecule has 0 aliphatic carbocycles. The Labute approximate surface area is 182 Å². The molecule has 2 aromatic heterocycles. The van der Waals surface area contributed by atoms with Gasteiger partial charge in [-0.1, -0.05) is 6.07 Å². The zero-order valence-electron chi connectivity index (χ0n) is 17.8. The molecule has 162 valence electrons. The quantitative estimate of drug-likeness (QED) is 0.600. The van der Waals surface area contributed by atoms with Gasteiger partial charge in [0.05, 0.1) is 20.4 Å². The summed E-state index contributed by atoms with van der Waals surface area (Å²) in [5, 5.41) is 0. The first-order valence-electron chi connectivity index (χ1n) is 10.2. The Bertz CT molecular complexity index is 994. The number of rotatable bonds is 7. The summed E-state index contributed by atoms with van der Waals surface area (Å²) in [6, 6.07) is 13.7. The standard InChI is InChI=1S/C23H28N6O2/c1-30-18-12-17(13-19(14-18)31-2)15-29-21(24)20-4-3-8-27-22(20)28(23(29)25)11-7-16-5-9-26-10-6-16/h3-6,8-10,12-14,21,23H,7,11,15,24-25H2,1-2H3. The molecule has 1 aliphatic rings. The van der Waals surface area contributed by atoms with Gasteiger partial charge in [0.1, 0.15) is 23.6 Å². The zero-order valence-corrected chi connectivity index (χ0v) is 17.8. The van der Waals surface area contributed by atoms with Crippen LogP contribution in [0.1, 0.15) is 22.9 Å². The highest BCUT2D eigenvalue weighted by atomic mass is 16.5. The average Bonchev–Trinajstić information content (AvgIpc) is 2.82. The molecule has 0 saturated carbocycles. The van der Waals surface area contributed by atoms with Gasteiger partial charge < -0.3 is 20.1 Å². The van der Waals surface area contributed by atoms with Crippen molar-refractivity contribution in [1.82, 2.24) is 14.9 Å². The highest BCUT2D eigenvalue weighted by Gasteiger charge is 2.36. The van der Waals surface area contributed by atoms with Crippen molar-refractivity contribution in [1.29, 1.82) is 0 Å². The highest BCUT2D eigenvalue weighted by molar-refractivity contribution is 5.51. The van der Waals surface area contributed by atoms with Crippen molar-refractivity contribution in [3.8, 4) is 11.5 Å². The molecule has 4 rings (SSSR count). The molecule has 1 aromatic carbocycles. The first-order valence-corrected chi connectivity index (χ1v) is 10.2. The maximum atomic E-state index is 6.74. The number of anilines is 1. The van der Waals surface area contributed by atoms with Crippen LogP contribution in [0.15, 0.2) is 61.1 Å². The van der Waals surface area contributed by atoms with Gasteiger partial charge in [0.15, 0.2) is 0 Å². The van der Waals surface area contributed by atoms with Gasteiger partial charge in [-0.2, -0.15) is 0 Å². The van der Waals surface area contributed by atoms with Gasteiger partial charge in [0, 0.05) is 43.3 Å². The van der Waals surface area contributed by atoms with E-state index in [9.17, 15) is 0 Å². The number of nitrogens with zero attached hydrogens (tertiary/aromatic N) is 4. The number of nitrogens with two attached hydrogens (primary N) is 2. The summed E-state index contributed by atoms with van der Waals surface area (Å²) < 4.78 is 10.8. The second-order valence-electron chi connectivity index (χ2n) is 7.47. The van der Waals surface area contributed by atoms with E-state index < -0.39 is 6.29 Å². The van der Waals surface area contributed by atoms with Crippen molar-refractivity contribution >= 4 is 5.82 Å². The highest BCUT2D eigenvalue weighted by Crippen LogP contribution is 2.35. The minimum Gasteiger partial charge on any atom is -0.497 e. The first kappa shape index (κ1) is 21.0. The molecule has 2 unspecified atom stereocenters. The molecular weight excluding hydrogens is 392 g/mol. The molecule has 0 fully saturated rings. The largest absolute Gasteiger partial charge is 0.497 e. The van der Waals surface area contributed by atoms with Crippen LogP contribution in [-0.4, -0.2) is 41.9 Å². The molecule has 4 N–H and O–H groups in total. The van der Waals surface area contributed by atoms with Gasteiger partial charge in [0.25, 0.3) is 0 Å². The molecule has 0 spiro atoms. The molecule has 0 radical (unpaired) electrons. The van der Waals surface area contributed by atoms with Crippen LogP contribution < -0.4 is 25.8 Å². The molecule has 3 heterocycles. The summed E-state index contributed by atoms with van der Waals surface area (Å²) in [6.07, 6.45) is 5.39. The molecule has 0 amide bonds. The van der Waals surface area contributed by atoms with Crippen LogP contribution in [0.3, 0.4) is 0 Å². The van der Waals surface area contributed by atoms with E-state index >= 15 is 0 Å². The van der Waals surface area contributed by atoms with Crippen LogP contribution in [0.4, 0.5) is 5.82 Å². The van der Waals surface area contributed by atoms with Crippen LogP contribution >= 0.6 is 0 Å². The van der Waals surface area contributed by atoms with E-state index in [1.807, 2.05) is 42.5 Å². The van der Waals surface area contributed by atoms with Crippen LogP contribution in [0.25, 0.3) is 0 Å². The number of fused-ring (bicyclic) bond motifs is 1. The number of benzene rings is 1. The summed E-state index contributed by atoms with van der Waals surface area (Å²) in [7, 11) is 3.28. The number of hydrogen-bond acceptors (Lipinski definition) is 8. The van der Waals surface area contributed by atoms with Crippen molar-refractivity contribution in [3.63, 3.8) is 0 Å². The molecule has 8 heteroatoms. The van der Waals surface area contributed by atoms with E-state index in [1.54, 1.807) is 32.8 Å². The zero-order chi connectivity index (χ0) is 21.8. The molecular formula is C23H28N6O2. The van der Waals surface area contributed by atoms with E-state index in [2.05, 4.69) is 19.8 Å². The Balaban J connectivity index is 1.63. The predicted octanol–water partition coefficient (Wildman–Crippen LogP) is 2.26. The van der Waals surface area contributed by atoms with Crippen LogP contribution in [0, 0.1) is 0 Å². The number of pyridine rings is 2. The van der Waals surface area contributed by atoms with E-state index in [-0.39, 0.29) is 6.17 Å². The van der Waals surface area contributed by atoms with Crippen molar-refractivity contribution in [3.05, 3.63) is 77.7 Å². The lowest BCUT2D eigenvalue weighted by Crippen LogP contribution is -2.60. The second kappa shape index (κ2) is 9.30. The van der Waals surface area contributed by atoms with Gasteiger partial charge >= 0.3 is 0 Å². The third-order valence-electron chi connectivity index (χ3n) is 5.59. The Morgan fingerprint density at radius 2 is 1.65 bits per heavy atom. The number of aromatic nitrogens is 2. The fraction of sp³-hybridized carbons (Fsp3) is 0.304. The smallest absolute Gasteiger partial charge is 0.137 e. The summed E-state index contributed by atoms with van der Waals surface area (Å²) in [5.74, 6) is 2.28. The topological polar surface area (TPSA) is 103 Å². The Kier molecular flexibility index (Phi) is 6.31. The Morgan fingerprint density at radius 1 is 0.935 bits per heavy atom. The minimum atomic E-state index is -0.434. The third-order valence-corrected chi connectivity index (χ3v) is 5.59. The lowest BCUT2D eigenvalue weighted by molar-refractivity contribution is 0.112. The fourth-order valence-electron chi connectivity index (χ4n) is 3.93.